The number of para-hydroxylation sites is 1. The average molecular weight is 832 g/mol. The number of likely N-dealkylation sites (tertiary alicyclic amines) is 3. The molecule has 0 aliphatic carbocycles. The molecule has 5 aliphatic rings. The molecule has 0 unspecified atom stereocenters. The van der Waals surface area contributed by atoms with Gasteiger partial charge in [0, 0.05) is 89.5 Å². The molecule has 4 fully saturated rings. The monoisotopic (exact) mass is 831 g/mol. The summed E-state index contributed by atoms with van der Waals surface area (Å²) >= 11 is 0. The van der Waals surface area contributed by atoms with Gasteiger partial charge in [-0.25, -0.2) is 9.59 Å². The molecule has 5 aliphatic heterocycles. The van der Waals surface area contributed by atoms with E-state index < -0.39 is 12.2 Å². The zero-order valence-electron chi connectivity index (χ0n) is 34.7. The van der Waals surface area contributed by atoms with Crippen LogP contribution < -0.4 is 5.32 Å². The maximum atomic E-state index is 14.2. The largest absolute Gasteiger partial charge is 0.507 e. The van der Waals surface area contributed by atoms with E-state index in [1.807, 2.05) is 60.0 Å². The molecule has 0 saturated carbocycles. The van der Waals surface area contributed by atoms with E-state index in [2.05, 4.69) is 15.1 Å². The number of benzene rings is 2. The second-order valence-corrected chi connectivity index (χ2v) is 16.8. The van der Waals surface area contributed by atoms with E-state index in [1.54, 1.807) is 9.80 Å². The molecule has 0 spiro atoms. The second kappa shape index (κ2) is 20.6. The molecule has 328 valence electrons. The summed E-state index contributed by atoms with van der Waals surface area (Å²) in [6.45, 7) is 11.5. The van der Waals surface area contributed by atoms with Gasteiger partial charge in [0.15, 0.2) is 6.10 Å². The van der Waals surface area contributed by atoms with Crippen LogP contribution in [0, 0.1) is 13.8 Å². The third-order valence-corrected chi connectivity index (χ3v) is 12.9. The standard InChI is InChI=1S/C44H61N7O8.CH4/c1-31-28-33(29-32(2)41(31)54)30-38(59-44(57)50-19-12-36(13-20-50)51-21-9-34-6-3-4-7-37(34)45-43(51)56)42(55)49-24-22-47(23-25-49)35-10-16-46(17-11-35)18-14-40(53)58-27-26-48-15-5-8-39(48)52;/h3-4,6-7,28-29,35-36,38,54H,5,8-27,30H2,1-2H3,(H,45,56);1H4/t38-;/m1./s1. The topological polar surface area (TPSA) is 156 Å². The van der Waals surface area contributed by atoms with E-state index >= 15 is 0 Å². The van der Waals surface area contributed by atoms with Crippen molar-refractivity contribution in [2.75, 3.05) is 90.5 Å². The van der Waals surface area contributed by atoms with Gasteiger partial charge in [-0.3, -0.25) is 19.3 Å². The van der Waals surface area contributed by atoms with Crippen LogP contribution in [0.2, 0.25) is 0 Å². The Hall–Kier alpha value is -4.89. The number of nitrogens with one attached hydrogen (secondary N) is 1. The van der Waals surface area contributed by atoms with Crippen molar-refractivity contribution in [2.45, 2.75) is 97.2 Å². The fraction of sp³-hybridized carbons (Fsp3) is 0.622. The van der Waals surface area contributed by atoms with Crippen LogP contribution in [0.15, 0.2) is 36.4 Å². The lowest BCUT2D eigenvalue weighted by Gasteiger charge is -2.43. The third kappa shape index (κ3) is 11.1. The summed E-state index contributed by atoms with van der Waals surface area (Å²) in [5.41, 5.74) is 4.17. The Kier molecular flexibility index (Phi) is 15.3. The molecule has 5 heterocycles. The summed E-state index contributed by atoms with van der Waals surface area (Å²) in [5, 5.41) is 13.5. The molecule has 0 bridgehead atoms. The number of hydrogen-bond donors (Lipinski definition) is 2. The van der Waals surface area contributed by atoms with Crippen molar-refractivity contribution in [3.8, 4) is 5.75 Å². The molecule has 2 N–H and O–H groups in total. The molecule has 0 aromatic heterocycles. The van der Waals surface area contributed by atoms with Crippen molar-refractivity contribution in [3.05, 3.63) is 58.7 Å². The van der Waals surface area contributed by atoms with Gasteiger partial charge in [0.05, 0.1) is 13.0 Å². The Morgan fingerprint density at radius 1 is 0.817 bits per heavy atom. The second-order valence-electron chi connectivity index (χ2n) is 16.8. The molecule has 5 amide bonds. The molecule has 15 nitrogen and oxygen atoms in total. The van der Waals surface area contributed by atoms with Gasteiger partial charge in [0.2, 0.25) is 5.91 Å². The molecule has 0 radical (unpaired) electrons. The van der Waals surface area contributed by atoms with Crippen molar-refractivity contribution in [3.63, 3.8) is 0 Å². The summed E-state index contributed by atoms with van der Waals surface area (Å²) in [7, 11) is 0. The molecule has 4 saturated heterocycles. The van der Waals surface area contributed by atoms with E-state index in [9.17, 15) is 29.1 Å². The van der Waals surface area contributed by atoms with Crippen LogP contribution in [0.5, 0.6) is 5.75 Å². The van der Waals surface area contributed by atoms with E-state index in [0.29, 0.717) is 88.7 Å². The number of phenolic OH excluding ortho intramolecular Hbond substituents is 1. The number of piperazine rings is 1. The normalized spacial score (nSPS) is 20.2. The first-order valence-electron chi connectivity index (χ1n) is 21.6. The number of urea groups is 1. The van der Waals surface area contributed by atoms with Crippen LogP contribution in [0.25, 0.3) is 0 Å². The minimum atomic E-state index is -1.03. The summed E-state index contributed by atoms with van der Waals surface area (Å²) in [4.78, 5) is 77.1. The van der Waals surface area contributed by atoms with Gasteiger partial charge < -0.3 is 44.4 Å². The number of aromatic hydroxyl groups is 1. The molecule has 7 rings (SSSR count). The van der Waals surface area contributed by atoms with Crippen molar-refractivity contribution in [2.24, 2.45) is 0 Å². The zero-order valence-corrected chi connectivity index (χ0v) is 34.7. The fourth-order valence-corrected chi connectivity index (χ4v) is 9.40. The summed E-state index contributed by atoms with van der Waals surface area (Å²) in [6, 6.07) is 11.8. The van der Waals surface area contributed by atoms with Gasteiger partial charge >= 0.3 is 18.1 Å². The maximum absolute atomic E-state index is 14.2. The lowest BCUT2D eigenvalue weighted by Crippen LogP contribution is -2.56. The molecule has 1 atom stereocenters. The maximum Gasteiger partial charge on any atom is 0.410 e. The average Bonchev–Trinajstić information content (AvgIpc) is 3.57. The van der Waals surface area contributed by atoms with E-state index in [-0.39, 0.29) is 56.1 Å². The van der Waals surface area contributed by atoms with E-state index in [0.717, 1.165) is 75.2 Å². The summed E-state index contributed by atoms with van der Waals surface area (Å²) in [6.07, 6.45) is 4.38. The molecule has 2 aromatic carbocycles. The number of aryl methyl sites for hydroxylation is 2. The number of nitrogens with zero attached hydrogens (tertiary/aromatic N) is 6. The Morgan fingerprint density at radius 2 is 1.50 bits per heavy atom. The first kappa shape index (κ1) is 44.7. The predicted octanol–water partition coefficient (Wildman–Crippen LogP) is 4.41. The van der Waals surface area contributed by atoms with Crippen molar-refractivity contribution >= 4 is 35.6 Å². The number of carbonyl (C=O) groups excluding carboxylic acids is 5. The van der Waals surface area contributed by atoms with Gasteiger partial charge in [-0.15, -0.1) is 0 Å². The minimum absolute atomic E-state index is 0. The molecular formula is C45H65N7O8. The number of hydrogen-bond acceptors (Lipinski definition) is 10. The Labute approximate surface area is 354 Å². The SMILES string of the molecule is C.Cc1cc(C[C@@H](OC(=O)N2CCC(N3CCc4ccccc4NC3=O)CC2)C(=O)N2CCN(C3CCN(CCC(=O)OCCN4CCCC4=O)CC3)CC2)cc(C)c1O. The number of fused-ring (bicyclic) bond motifs is 1. The van der Waals surface area contributed by atoms with Crippen molar-refractivity contribution in [1.29, 1.82) is 0 Å². The van der Waals surface area contributed by atoms with Crippen LogP contribution in [-0.4, -0.2) is 168 Å². The fourth-order valence-electron chi connectivity index (χ4n) is 9.40. The number of piperidine rings is 2. The number of anilines is 1. The van der Waals surface area contributed by atoms with E-state index in [1.165, 1.54) is 0 Å². The van der Waals surface area contributed by atoms with Gasteiger partial charge in [0.1, 0.15) is 12.4 Å². The van der Waals surface area contributed by atoms with Gasteiger partial charge in [-0.2, -0.15) is 0 Å². The Balaban J connectivity index is 0.00000604. The van der Waals surface area contributed by atoms with Crippen LogP contribution in [0.1, 0.15) is 74.6 Å². The Morgan fingerprint density at radius 3 is 2.18 bits per heavy atom. The molecule has 2 aromatic rings. The van der Waals surface area contributed by atoms with Crippen LogP contribution in [-0.2, 0) is 36.7 Å². The lowest BCUT2D eigenvalue weighted by molar-refractivity contribution is -0.146. The number of amides is 5. The Bertz CT molecular complexity index is 1810. The van der Waals surface area contributed by atoms with Gasteiger partial charge in [-0.1, -0.05) is 37.8 Å². The quantitative estimate of drug-likeness (QED) is 0.294. The minimum Gasteiger partial charge on any atom is -0.507 e. The number of carbonyl (C=O) groups is 5. The number of rotatable bonds is 12. The van der Waals surface area contributed by atoms with Gasteiger partial charge in [-0.05, 0) is 93.8 Å². The highest BCUT2D eigenvalue weighted by Gasteiger charge is 2.36. The van der Waals surface area contributed by atoms with Crippen LogP contribution in [0.3, 0.4) is 0 Å². The number of ether oxygens (including phenoxy) is 2. The first-order chi connectivity index (χ1) is 28.5. The summed E-state index contributed by atoms with van der Waals surface area (Å²) in [5.74, 6) is -0.0962. The van der Waals surface area contributed by atoms with E-state index in [4.69, 9.17) is 9.47 Å². The smallest absolute Gasteiger partial charge is 0.410 e. The number of esters is 1. The molecule has 15 heteroatoms. The molecule has 60 heavy (non-hydrogen) atoms. The summed E-state index contributed by atoms with van der Waals surface area (Å²) < 4.78 is 11.5. The lowest BCUT2D eigenvalue weighted by atomic mass is 10.00. The van der Waals surface area contributed by atoms with Crippen molar-refractivity contribution < 1.29 is 38.6 Å². The highest BCUT2D eigenvalue weighted by molar-refractivity contribution is 5.91. The van der Waals surface area contributed by atoms with Crippen molar-refractivity contribution in [1.82, 2.24) is 29.4 Å². The first-order valence-corrected chi connectivity index (χ1v) is 21.6. The van der Waals surface area contributed by atoms with Crippen LogP contribution >= 0.6 is 0 Å². The van der Waals surface area contributed by atoms with Crippen LogP contribution in [0.4, 0.5) is 15.3 Å². The number of phenols is 1. The van der Waals surface area contributed by atoms with Gasteiger partial charge in [0.25, 0.3) is 5.91 Å². The highest BCUT2D eigenvalue weighted by atomic mass is 16.6. The predicted molar refractivity (Wildman–Crippen MR) is 228 cm³/mol. The third-order valence-electron chi connectivity index (χ3n) is 12.9. The highest BCUT2D eigenvalue weighted by Crippen LogP contribution is 2.27. The zero-order chi connectivity index (χ0) is 41.5. The molecular weight excluding hydrogens is 767 g/mol.